The molecule has 1 unspecified atom stereocenters. The van der Waals surface area contributed by atoms with Crippen molar-refractivity contribution in [2.75, 3.05) is 6.54 Å². The molecule has 0 saturated carbocycles. The molecule has 0 aliphatic rings. The molecule has 2 nitrogen and oxygen atoms in total. The minimum Gasteiger partial charge on any atom is -0.434 e. The van der Waals surface area contributed by atoms with Crippen LogP contribution in [0.5, 0.6) is 5.75 Å². The summed E-state index contributed by atoms with van der Waals surface area (Å²) in [5, 5.41) is 3.28. The Balaban J connectivity index is 2.84. The van der Waals surface area contributed by atoms with Crippen LogP contribution in [0.1, 0.15) is 37.8 Å². The number of ether oxygens (including phenoxy) is 1. The molecule has 1 aromatic carbocycles. The lowest BCUT2D eigenvalue weighted by atomic mass is 10.00. The van der Waals surface area contributed by atoms with Gasteiger partial charge in [-0.15, -0.1) is 12.3 Å². The SMILES string of the molecule is C#CCCCC(NCC)c1ccccc1OC(F)F. The zero-order valence-corrected chi connectivity index (χ0v) is 11.0. The van der Waals surface area contributed by atoms with Crippen LogP contribution in [-0.4, -0.2) is 13.2 Å². The topological polar surface area (TPSA) is 21.3 Å². The number of nitrogens with one attached hydrogen (secondary N) is 1. The van der Waals surface area contributed by atoms with Crippen molar-refractivity contribution in [2.24, 2.45) is 0 Å². The molecule has 1 atom stereocenters. The standard InChI is InChI=1S/C15H19F2NO/c1-3-5-6-10-13(18-4-2)12-9-7-8-11-14(12)19-15(16)17/h1,7-9,11,13,15,18H,4-6,10H2,2H3. The van der Waals surface area contributed by atoms with Crippen LogP contribution in [0.25, 0.3) is 0 Å². The van der Waals surface area contributed by atoms with E-state index in [1.54, 1.807) is 18.2 Å². The average Bonchev–Trinajstić information content (AvgIpc) is 2.38. The maximum Gasteiger partial charge on any atom is 0.387 e. The number of unbranched alkanes of at least 4 members (excludes halogenated alkanes) is 1. The predicted octanol–water partition coefficient (Wildman–Crippen LogP) is 3.74. The summed E-state index contributed by atoms with van der Waals surface area (Å²) in [6.45, 7) is -0.0803. The fourth-order valence-corrected chi connectivity index (χ4v) is 1.99. The molecule has 0 bridgehead atoms. The van der Waals surface area contributed by atoms with Crippen LogP contribution in [0.15, 0.2) is 24.3 Å². The Morgan fingerprint density at radius 3 is 2.74 bits per heavy atom. The first-order valence-corrected chi connectivity index (χ1v) is 6.39. The molecule has 4 heteroatoms. The highest BCUT2D eigenvalue weighted by molar-refractivity contribution is 5.36. The number of benzene rings is 1. The van der Waals surface area contributed by atoms with Gasteiger partial charge in [0.2, 0.25) is 0 Å². The van der Waals surface area contributed by atoms with E-state index in [0.717, 1.165) is 24.9 Å². The molecule has 0 amide bonds. The molecule has 0 aliphatic carbocycles. The van der Waals surface area contributed by atoms with E-state index in [2.05, 4.69) is 16.0 Å². The van der Waals surface area contributed by atoms with Crippen LogP contribution in [0.3, 0.4) is 0 Å². The third-order valence-electron chi connectivity index (χ3n) is 2.77. The van der Waals surface area contributed by atoms with Crippen molar-refractivity contribution in [2.45, 2.75) is 38.8 Å². The summed E-state index contributed by atoms with van der Waals surface area (Å²) in [7, 11) is 0. The second-order valence-corrected chi connectivity index (χ2v) is 4.12. The van der Waals surface area contributed by atoms with Crippen molar-refractivity contribution in [1.82, 2.24) is 5.32 Å². The number of hydrogen-bond acceptors (Lipinski definition) is 2. The van der Waals surface area contributed by atoms with Crippen molar-refractivity contribution in [3.63, 3.8) is 0 Å². The summed E-state index contributed by atoms with van der Waals surface area (Å²) < 4.78 is 29.3. The molecule has 0 aliphatic heterocycles. The van der Waals surface area contributed by atoms with E-state index in [-0.39, 0.29) is 11.8 Å². The van der Waals surface area contributed by atoms with Gasteiger partial charge in [-0.1, -0.05) is 25.1 Å². The Bertz CT molecular complexity index is 415. The molecule has 0 spiro atoms. The smallest absolute Gasteiger partial charge is 0.387 e. The van der Waals surface area contributed by atoms with Crippen LogP contribution in [0.2, 0.25) is 0 Å². The van der Waals surface area contributed by atoms with E-state index in [1.165, 1.54) is 0 Å². The molecular formula is C15H19F2NO. The zero-order valence-electron chi connectivity index (χ0n) is 11.0. The summed E-state index contributed by atoms with van der Waals surface area (Å²) >= 11 is 0. The average molecular weight is 267 g/mol. The fourth-order valence-electron chi connectivity index (χ4n) is 1.99. The first-order chi connectivity index (χ1) is 9.19. The van der Waals surface area contributed by atoms with E-state index in [0.29, 0.717) is 6.42 Å². The van der Waals surface area contributed by atoms with E-state index < -0.39 is 6.61 Å². The number of rotatable bonds is 8. The number of para-hydroxylation sites is 1. The third-order valence-corrected chi connectivity index (χ3v) is 2.77. The molecule has 0 saturated heterocycles. The first kappa shape index (κ1) is 15.5. The van der Waals surface area contributed by atoms with Gasteiger partial charge in [0, 0.05) is 18.0 Å². The maximum atomic E-state index is 12.4. The van der Waals surface area contributed by atoms with Gasteiger partial charge in [0.05, 0.1) is 0 Å². The van der Waals surface area contributed by atoms with Crippen LogP contribution in [-0.2, 0) is 0 Å². The van der Waals surface area contributed by atoms with Gasteiger partial charge in [0.25, 0.3) is 0 Å². The van der Waals surface area contributed by atoms with Crippen molar-refractivity contribution in [3.8, 4) is 18.1 Å². The van der Waals surface area contributed by atoms with Gasteiger partial charge in [-0.3, -0.25) is 0 Å². The molecule has 0 aromatic heterocycles. The van der Waals surface area contributed by atoms with Crippen molar-refractivity contribution >= 4 is 0 Å². The molecule has 19 heavy (non-hydrogen) atoms. The van der Waals surface area contributed by atoms with Crippen LogP contribution in [0, 0.1) is 12.3 Å². The Kier molecular flexibility index (Phi) is 6.91. The highest BCUT2D eigenvalue weighted by atomic mass is 19.3. The number of hydrogen-bond donors (Lipinski definition) is 1. The maximum absolute atomic E-state index is 12.4. The van der Waals surface area contributed by atoms with Crippen LogP contribution >= 0.6 is 0 Å². The summed E-state index contributed by atoms with van der Waals surface area (Å²) in [6.07, 6.45) is 7.55. The number of alkyl halides is 2. The predicted molar refractivity (Wildman–Crippen MR) is 72.2 cm³/mol. The number of halogens is 2. The van der Waals surface area contributed by atoms with Crippen LogP contribution in [0.4, 0.5) is 8.78 Å². The highest BCUT2D eigenvalue weighted by Gasteiger charge is 2.16. The molecular weight excluding hydrogens is 248 g/mol. The van der Waals surface area contributed by atoms with Crippen molar-refractivity contribution in [3.05, 3.63) is 29.8 Å². The lowest BCUT2D eigenvalue weighted by Crippen LogP contribution is -2.22. The molecule has 1 N–H and O–H groups in total. The van der Waals surface area contributed by atoms with Gasteiger partial charge < -0.3 is 10.1 Å². The highest BCUT2D eigenvalue weighted by Crippen LogP contribution is 2.29. The lowest BCUT2D eigenvalue weighted by Gasteiger charge is -2.21. The molecule has 0 heterocycles. The van der Waals surface area contributed by atoms with Gasteiger partial charge >= 0.3 is 6.61 Å². The van der Waals surface area contributed by atoms with Gasteiger partial charge in [0.15, 0.2) is 0 Å². The third kappa shape index (κ3) is 5.27. The van der Waals surface area contributed by atoms with E-state index in [1.807, 2.05) is 13.0 Å². The summed E-state index contributed by atoms with van der Waals surface area (Å²) in [4.78, 5) is 0. The van der Waals surface area contributed by atoms with Crippen molar-refractivity contribution < 1.29 is 13.5 Å². The van der Waals surface area contributed by atoms with E-state index in [4.69, 9.17) is 6.42 Å². The number of terminal acetylenes is 1. The van der Waals surface area contributed by atoms with Crippen molar-refractivity contribution in [1.29, 1.82) is 0 Å². The Hall–Kier alpha value is -1.60. The largest absolute Gasteiger partial charge is 0.434 e. The fraction of sp³-hybridized carbons (Fsp3) is 0.467. The first-order valence-electron chi connectivity index (χ1n) is 6.39. The van der Waals surface area contributed by atoms with E-state index in [9.17, 15) is 8.78 Å². The minimum atomic E-state index is -2.81. The molecule has 1 aromatic rings. The van der Waals surface area contributed by atoms with Crippen LogP contribution < -0.4 is 10.1 Å². The van der Waals surface area contributed by atoms with Gasteiger partial charge in [0.1, 0.15) is 5.75 Å². The lowest BCUT2D eigenvalue weighted by molar-refractivity contribution is -0.0507. The summed E-state index contributed by atoms with van der Waals surface area (Å²) in [5.74, 6) is 2.81. The molecule has 104 valence electrons. The quantitative estimate of drug-likeness (QED) is 0.572. The zero-order chi connectivity index (χ0) is 14.1. The Morgan fingerprint density at radius 1 is 1.37 bits per heavy atom. The minimum absolute atomic E-state index is 0.0201. The van der Waals surface area contributed by atoms with Gasteiger partial charge in [-0.25, -0.2) is 0 Å². The Labute approximate surface area is 113 Å². The normalized spacial score (nSPS) is 12.2. The van der Waals surface area contributed by atoms with Gasteiger partial charge in [-0.05, 0) is 25.5 Å². The van der Waals surface area contributed by atoms with E-state index >= 15 is 0 Å². The molecule has 0 fully saturated rings. The van der Waals surface area contributed by atoms with Gasteiger partial charge in [-0.2, -0.15) is 8.78 Å². The second-order valence-electron chi connectivity index (χ2n) is 4.12. The second kappa shape index (κ2) is 8.49. The molecule has 1 rings (SSSR count). The monoisotopic (exact) mass is 267 g/mol. The Morgan fingerprint density at radius 2 is 2.11 bits per heavy atom. The molecule has 0 radical (unpaired) electrons. The summed E-state index contributed by atoms with van der Waals surface area (Å²) in [5.41, 5.74) is 0.752. The summed E-state index contributed by atoms with van der Waals surface area (Å²) in [6, 6.07) is 6.85.